The summed E-state index contributed by atoms with van der Waals surface area (Å²) < 4.78 is 4.83. The number of ether oxygens (including phenoxy) is 1. The maximum Gasteiger partial charge on any atom is 0.270 e. The molecule has 0 aliphatic heterocycles. The van der Waals surface area contributed by atoms with Crippen LogP contribution in [0.5, 0.6) is 0 Å². The quantitative estimate of drug-likeness (QED) is 0.270. The van der Waals surface area contributed by atoms with Gasteiger partial charge in [0.05, 0.1) is 11.5 Å². The number of methoxy groups -OCH3 is 1. The maximum absolute atomic E-state index is 11.6. The summed E-state index contributed by atoms with van der Waals surface area (Å²) in [5, 5.41) is 16.1. The van der Waals surface area contributed by atoms with Gasteiger partial charge in [0.2, 0.25) is 5.91 Å². The molecule has 1 rings (SSSR count). The van der Waals surface area contributed by atoms with Gasteiger partial charge in [-0.15, -0.1) is 0 Å². The van der Waals surface area contributed by atoms with E-state index in [0.717, 1.165) is 0 Å². The van der Waals surface area contributed by atoms with Crippen LogP contribution in [0.3, 0.4) is 0 Å². The summed E-state index contributed by atoms with van der Waals surface area (Å²) in [5.41, 5.74) is 0.520. The normalized spacial score (nSPS) is 10.3. The molecule has 0 radical (unpaired) electrons. The largest absolute Gasteiger partial charge is 0.383 e. The Bertz CT molecular complexity index is 560. The molecule has 0 saturated carbocycles. The number of thiocarbonyl (C=S) groups is 1. The molecule has 0 aromatic heterocycles. The topological polar surface area (TPSA) is 93.5 Å². The Hall–Kier alpha value is -2.32. The molecule has 7 nitrogen and oxygen atoms in total. The van der Waals surface area contributed by atoms with Crippen molar-refractivity contribution in [3.05, 3.63) is 46.0 Å². The maximum atomic E-state index is 11.6. The van der Waals surface area contributed by atoms with E-state index in [9.17, 15) is 14.9 Å². The lowest BCUT2D eigenvalue weighted by molar-refractivity contribution is -0.384. The van der Waals surface area contributed by atoms with Gasteiger partial charge in [-0.1, -0.05) is 12.1 Å². The lowest BCUT2D eigenvalue weighted by atomic mass is 10.2. The van der Waals surface area contributed by atoms with Crippen LogP contribution in [0.15, 0.2) is 30.3 Å². The fraction of sp³-hybridized carbons (Fsp3) is 0.231. The van der Waals surface area contributed by atoms with Gasteiger partial charge in [-0.2, -0.15) is 0 Å². The summed E-state index contributed by atoms with van der Waals surface area (Å²) in [5.74, 6) is -0.420. The second kappa shape index (κ2) is 8.77. The highest BCUT2D eigenvalue weighted by atomic mass is 32.1. The summed E-state index contributed by atoms with van der Waals surface area (Å²) in [6.07, 6.45) is 2.73. The van der Waals surface area contributed by atoms with Gasteiger partial charge >= 0.3 is 0 Å². The van der Waals surface area contributed by atoms with Crippen molar-refractivity contribution in [3.8, 4) is 0 Å². The van der Waals surface area contributed by atoms with E-state index >= 15 is 0 Å². The third-order valence-electron chi connectivity index (χ3n) is 2.34. The Labute approximate surface area is 127 Å². The Morgan fingerprint density at radius 3 is 2.95 bits per heavy atom. The zero-order chi connectivity index (χ0) is 15.7. The molecule has 112 valence electrons. The fourth-order valence-corrected chi connectivity index (χ4v) is 1.58. The number of hydrogen-bond donors (Lipinski definition) is 2. The number of nitrogens with zero attached hydrogens (tertiary/aromatic N) is 1. The molecule has 1 amide bonds. The predicted molar refractivity (Wildman–Crippen MR) is 82.7 cm³/mol. The number of nitro groups is 1. The Morgan fingerprint density at radius 2 is 2.29 bits per heavy atom. The van der Waals surface area contributed by atoms with Gasteiger partial charge in [-0.3, -0.25) is 20.2 Å². The van der Waals surface area contributed by atoms with Crippen molar-refractivity contribution < 1.29 is 14.5 Å². The predicted octanol–water partition coefficient (Wildman–Crippen LogP) is 1.25. The summed E-state index contributed by atoms with van der Waals surface area (Å²) in [6.45, 7) is 0.962. The average Bonchev–Trinajstić information content (AvgIpc) is 2.45. The minimum atomic E-state index is -0.494. The minimum absolute atomic E-state index is 0.0330. The molecular weight excluding hydrogens is 294 g/mol. The number of non-ortho nitro benzene ring substituents is 1. The molecule has 0 aliphatic rings. The van der Waals surface area contributed by atoms with Gasteiger partial charge < -0.3 is 10.1 Å². The molecule has 21 heavy (non-hydrogen) atoms. The molecule has 2 N–H and O–H groups in total. The number of rotatable bonds is 6. The lowest BCUT2D eigenvalue weighted by Gasteiger charge is -2.06. The zero-order valence-corrected chi connectivity index (χ0v) is 12.2. The Balaban J connectivity index is 2.52. The zero-order valence-electron chi connectivity index (χ0n) is 11.4. The van der Waals surface area contributed by atoms with Crippen LogP contribution in [-0.4, -0.2) is 36.2 Å². The van der Waals surface area contributed by atoms with Crippen LogP contribution in [0, 0.1) is 10.1 Å². The molecule has 0 fully saturated rings. The van der Waals surface area contributed by atoms with E-state index in [4.69, 9.17) is 17.0 Å². The Morgan fingerprint density at radius 1 is 1.52 bits per heavy atom. The van der Waals surface area contributed by atoms with Crippen molar-refractivity contribution in [2.24, 2.45) is 0 Å². The van der Waals surface area contributed by atoms with Gasteiger partial charge in [0.1, 0.15) is 0 Å². The summed E-state index contributed by atoms with van der Waals surface area (Å²) in [7, 11) is 1.56. The van der Waals surface area contributed by atoms with Crippen LogP contribution in [0.4, 0.5) is 5.69 Å². The molecule has 1 aromatic rings. The number of hydrogen-bond acceptors (Lipinski definition) is 5. The standard InChI is InChI=1S/C13H15N3O4S/c1-20-8-7-14-13(21)15-12(17)6-5-10-3-2-4-11(9-10)16(18)19/h2-6,9H,7-8H2,1H3,(H2,14,15,17,21)/b6-5+. The molecule has 0 unspecified atom stereocenters. The van der Waals surface area contributed by atoms with Crippen LogP contribution in [0.2, 0.25) is 0 Å². The average molecular weight is 309 g/mol. The highest BCUT2D eigenvalue weighted by Gasteiger charge is 2.04. The third kappa shape index (κ3) is 6.59. The molecule has 1 aromatic carbocycles. The van der Waals surface area contributed by atoms with Gasteiger partial charge in [-0.25, -0.2) is 0 Å². The van der Waals surface area contributed by atoms with E-state index in [1.807, 2.05) is 0 Å². The number of carbonyl (C=O) groups excluding carboxylic acids is 1. The van der Waals surface area contributed by atoms with Crippen LogP contribution in [0.25, 0.3) is 6.08 Å². The minimum Gasteiger partial charge on any atom is -0.383 e. The summed E-state index contributed by atoms with van der Waals surface area (Å²) >= 11 is 4.91. The number of nitro benzene ring substituents is 1. The lowest BCUT2D eigenvalue weighted by Crippen LogP contribution is -2.39. The van der Waals surface area contributed by atoms with Gasteiger partial charge in [0.15, 0.2) is 5.11 Å². The van der Waals surface area contributed by atoms with Crippen LogP contribution in [-0.2, 0) is 9.53 Å². The van der Waals surface area contributed by atoms with Crippen molar-refractivity contribution >= 4 is 35.0 Å². The fourth-order valence-electron chi connectivity index (χ4n) is 1.38. The number of nitrogens with one attached hydrogen (secondary N) is 2. The Kier molecular flexibility index (Phi) is 6.99. The smallest absolute Gasteiger partial charge is 0.270 e. The van der Waals surface area contributed by atoms with Gasteiger partial charge in [0, 0.05) is 31.9 Å². The van der Waals surface area contributed by atoms with E-state index in [2.05, 4.69) is 10.6 Å². The monoisotopic (exact) mass is 309 g/mol. The SMILES string of the molecule is COCCNC(=S)NC(=O)/C=C/c1cccc([N+](=O)[O-])c1. The molecule has 0 atom stereocenters. The van der Waals surface area contributed by atoms with Crippen molar-refractivity contribution in [2.45, 2.75) is 0 Å². The first-order chi connectivity index (χ1) is 10.0. The summed E-state index contributed by atoms with van der Waals surface area (Å²) in [6, 6.07) is 5.96. The van der Waals surface area contributed by atoms with Crippen LogP contribution >= 0.6 is 12.2 Å². The second-order valence-corrected chi connectivity index (χ2v) is 4.33. The van der Waals surface area contributed by atoms with Crippen LogP contribution in [0.1, 0.15) is 5.56 Å². The van der Waals surface area contributed by atoms with Gasteiger partial charge in [0.25, 0.3) is 5.69 Å². The molecule has 0 bridgehead atoms. The van der Waals surface area contributed by atoms with Crippen molar-refractivity contribution in [1.82, 2.24) is 10.6 Å². The molecular formula is C13H15N3O4S. The van der Waals surface area contributed by atoms with E-state index < -0.39 is 10.8 Å². The highest BCUT2D eigenvalue weighted by molar-refractivity contribution is 7.80. The van der Waals surface area contributed by atoms with E-state index in [1.54, 1.807) is 19.2 Å². The molecule has 0 aliphatic carbocycles. The van der Waals surface area contributed by atoms with Crippen molar-refractivity contribution in [1.29, 1.82) is 0 Å². The van der Waals surface area contributed by atoms with Crippen molar-refractivity contribution in [3.63, 3.8) is 0 Å². The van der Waals surface area contributed by atoms with E-state index in [-0.39, 0.29) is 10.8 Å². The summed E-state index contributed by atoms with van der Waals surface area (Å²) in [4.78, 5) is 21.7. The first-order valence-corrected chi connectivity index (χ1v) is 6.44. The van der Waals surface area contributed by atoms with Gasteiger partial charge in [-0.05, 0) is 23.9 Å². The van der Waals surface area contributed by atoms with E-state index in [0.29, 0.717) is 18.7 Å². The third-order valence-corrected chi connectivity index (χ3v) is 2.58. The van der Waals surface area contributed by atoms with Crippen LogP contribution < -0.4 is 10.6 Å². The molecule has 0 heterocycles. The number of carbonyl (C=O) groups is 1. The highest BCUT2D eigenvalue weighted by Crippen LogP contribution is 2.13. The molecule has 0 spiro atoms. The second-order valence-electron chi connectivity index (χ2n) is 3.92. The molecule has 8 heteroatoms. The molecule has 0 saturated heterocycles. The number of amides is 1. The first kappa shape index (κ1) is 16.7. The van der Waals surface area contributed by atoms with Crippen molar-refractivity contribution in [2.75, 3.05) is 20.3 Å². The van der Waals surface area contributed by atoms with E-state index in [1.165, 1.54) is 24.3 Å². The first-order valence-electron chi connectivity index (χ1n) is 6.03. The number of benzene rings is 1.